The van der Waals surface area contributed by atoms with Crippen LogP contribution in [-0.4, -0.2) is 4.98 Å². The average molecular weight is 266 g/mol. The number of aromatic nitrogens is 1. The van der Waals surface area contributed by atoms with Crippen LogP contribution >= 0.6 is 0 Å². The summed E-state index contributed by atoms with van der Waals surface area (Å²) in [5.74, 6) is -3.98. The standard InChI is InChI=1S/C14H13F3N2/c15-9-6-8-13(18)7-4-2-1-3-5-10(7)19-14(8)12(17)11(9)16/h6H,1-5H2,(H2,18,19). The Morgan fingerprint density at radius 1 is 1.00 bits per heavy atom. The van der Waals surface area contributed by atoms with Gasteiger partial charge in [-0.2, -0.15) is 0 Å². The van der Waals surface area contributed by atoms with Gasteiger partial charge < -0.3 is 5.73 Å². The molecule has 0 saturated carbocycles. The van der Waals surface area contributed by atoms with Crippen LogP contribution in [0.4, 0.5) is 18.9 Å². The third kappa shape index (κ3) is 1.84. The SMILES string of the molecule is Nc1c2c(nc3c(F)c(F)c(F)cc13)CCCCC2. The molecule has 19 heavy (non-hydrogen) atoms. The van der Waals surface area contributed by atoms with E-state index in [0.29, 0.717) is 17.8 Å². The summed E-state index contributed by atoms with van der Waals surface area (Å²) in [5, 5.41) is 0.164. The molecule has 0 atom stereocenters. The fraction of sp³-hybridized carbons (Fsp3) is 0.357. The Kier molecular flexibility index (Phi) is 2.84. The van der Waals surface area contributed by atoms with E-state index >= 15 is 0 Å². The number of aryl methyl sites for hydroxylation is 1. The number of pyridine rings is 1. The Balaban J connectivity index is 2.37. The van der Waals surface area contributed by atoms with Crippen LogP contribution in [0, 0.1) is 17.5 Å². The van der Waals surface area contributed by atoms with Gasteiger partial charge in [0.05, 0.1) is 0 Å². The van der Waals surface area contributed by atoms with Crippen molar-refractivity contribution in [1.82, 2.24) is 4.98 Å². The lowest BCUT2D eigenvalue weighted by atomic mass is 10.0. The third-order valence-electron chi connectivity index (χ3n) is 3.69. The molecule has 1 aliphatic carbocycles. The fourth-order valence-electron chi connectivity index (χ4n) is 2.68. The lowest BCUT2D eigenvalue weighted by molar-refractivity contribution is 0.452. The van der Waals surface area contributed by atoms with E-state index in [0.717, 1.165) is 37.3 Å². The van der Waals surface area contributed by atoms with Crippen molar-refractivity contribution >= 4 is 16.6 Å². The van der Waals surface area contributed by atoms with Gasteiger partial charge in [0, 0.05) is 16.8 Å². The lowest BCUT2D eigenvalue weighted by Crippen LogP contribution is -2.06. The number of hydrogen-bond donors (Lipinski definition) is 1. The van der Waals surface area contributed by atoms with E-state index in [9.17, 15) is 13.2 Å². The van der Waals surface area contributed by atoms with Gasteiger partial charge in [-0.3, -0.25) is 0 Å². The normalized spacial score (nSPS) is 15.3. The maximum Gasteiger partial charge on any atom is 0.196 e. The summed E-state index contributed by atoms with van der Waals surface area (Å²) < 4.78 is 40.4. The maximum atomic E-state index is 13.8. The zero-order valence-electron chi connectivity index (χ0n) is 10.3. The predicted molar refractivity (Wildman–Crippen MR) is 67.3 cm³/mol. The van der Waals surface area contributed by atoms with Gasteiger partial charge in [0.15, 0.2) is 17.5 Å². The molecule has 2 nitrogen and oxygen atoms in total. The molecule has 1 aromatic heterocycles. The summed E-state index contributed by atoms with van der Waals surface area (Å²) in [6.45, 7) is 0. The molecule has 0 fully saturated rings. The highest BCUT2D eigenvalue weighted by atomic mass is 19.2. The first kappa shape index (κ1) is 12.3. The summed E-state index contributed by atoms with van der Waals surface area (Å²) in [7, 11) is 0. The molecule has 100 valence electrons. The van der Waals surface area contributed by atoms with E-state index in [1.165, 1.54) is 0 Å². The van der Waals surface area contributed by atoms with Gasteiger partial charge in [0.1, 0.15) is 5.52 Å². The Labute approximate surface area is 108 Å². The minimum absolute atomic E-state index is 0.164. The van der Waals surface area contributed by atoms with Crippen LogP contribution < -0.4 is 5.73 Å². The van der Waals surface area contributed by atoms with E-state index < -0.39 is 17.5 Å². The second-order valence-electron chi connectivity index (χ2n) is 4.89. The summed E-state index contributed by atoms with van der Waals surface area (Å²) in [6.07, 6.45) is 4.45. The molecule has 3 rings (SSSR count). The summed E-state index contributed by atoms with van der Waals surface area (Å²) >= 11 is 0. The van der Waals surface area contributed by atoms with E-state index in [2.05, 4.69) is 4.98 Å². The van der Waals surface area contributed by atoms with Crippen molar-refractivity contribution in [2.24, 2.45) is 0 Å². The number of hydrogen-bond acceptors (Lipinski definition) is 2. The minimum atomic E-state index is -1.49. The molecule has 0 saturated heterocycles. The molecule has 0 amide bonds. The first-order chi connectivity index (χ1) is 9.09. The van der Waals surface area contributed by atoms with Crippen LogP contribution in [0.2, 0.25) is 0 Å². The van der Waals surface area contributed by atoms with E-state index in [4.69, 9.17) is 5.73 Å². The van der Waals surface area contributed by atoms with Gasteiger partial charge in [-0.15, -0.1) is 0 Å². The number of benzene rings is 1. The third-order valence-corrected chi connectivity index (χ3v) is 3.69. The first-order valence-corrected chi connectivity index (χ1v) is 6.34. The number of nitrogen functional groups attached to an aromatic ring is 1. The Morgan fingerprint density at radius 2 is 1.74 bits per heavy atom. The molecule has 1 heterocycles. The average Bonchev–Trinajstić information content (AvgIpc) is 2.63. The molecular weight excluding hydrogens is 253 g/mol. The van der Waals surface area contributed by atoms with Crippen molar-refractivity contribution in [1.29, 1.82) is 0 Å². The van der Waals surface area contributed by atoms with E-state index in [1.807, 2.05) is 0 Å². The van der Waals surface area contributed by atoms with Crippen molar-refractivity contribution < 1.29 is 13.2 Å². The fourth-order valence-corrected chi connectivity index (χ4v) is 2.68. The monoisotopic (exact) mass is 266 g/mol. The molecule has 0 bridgehead atoms. The highest BCUT2D eigenvalue weighted by Gasteiger charge is 2.21. The van der Waals surface area contributed by atoms with Crippen LogP contribution in [0.5, 0.6) is 0 Å². The Hall–Kier alpha value is -1.78. The topological polar surface area (TPSA) is 38.9 Å². The molecule has 2 aromatic rings. The molecular formula is C14H13F3N2. The van der Waals surface area contributed by atoms with Gasteiger partial charge in [0.25, 0.3) is 0 Å². The van der Waals surface area contributed by atoms with E-state index in [1.54, 1.807) is 0 Å². The molecule has 1 aromatic carbocycles. The Bertz CT molecular complexity index is 668. The first-order valence-electron chi connectivity index (χ1n) is 6.34. The molecule has 0 aliphatic heterocycles. The number of nitrogens with zero attached hydrogens (tertiary/aromatic N) is 1. The van der Waals surface area contributed by atoms with Gasteiger partial charge in [-0.25, -0.2) is 18.2 Å². The largest absolute Gasteiger partial charge is 0.398 e. The number of fused-ring (bicyclic) bond motifs is 2. The van der Waals surface area contributed by atoms with Crippen molar-refractivity contribution in [3.63, 3.8) is 0 Å². The molecule has 2 N–H and O–H groups in total. The van der Waals surface area contributed by atoms with Gasteiger partial charge >= 0.3 is 0 Å². The lowest BCUT2D eigenvalue weighted by Gasteiger charge is -2.12. The van der Waals surface area contributed by atoms with Crippen LogP contribution in [0.1, 0.15) is 30.5 Å². The smallest absolute Gasteiger partial charge is 0.196 e. The molecule has 0 radical (unpaired) electrons. The molecule has 0 unspecified atom stereocenters. The minimum Gasteiger partial charge on any atom is -0.398 e. The van der Waals surface area contributed by atoms with Crippen LogP contribution in [0.3, 0.4) is 0 Å². The second-order valence-corrected chi connectivity index (χ2v) is 4.89. The van der Waals surface area contributed by atoms with Crippen LogP contribution in [0.25, 0.3) is 10.9 Å². The van der Waals surface area contributed by atoms with Crippen molar-refractivity contribution in [2.75, 3.05) is 5.73 Å². The summed E-state index contributed by atoms with van der Waals surface area (Å²) in [5.41, 5.74) is 7.74. The number of anilines is 1. The number of halogens is 3. The highest BCUT2D eigenvalue weighted by Crippen LogP contribution is 2.33. The zero-order valence-corrected chi connectivity index (χ0v) is 10.3. The van der Waals surface area contributed by atoms with Gasteiger partial charge in [0.2, 0.25) is 0 Å². The van der Waals surface area contributed by atoms with Gasteiger partial charge in [-0.05, 0) is 37.3 Å². The van der Waals surface area contributed by atoms with Crippen molar-refractivity contribution in [3.05, 3.63) is 34.8 Å². The number of nitrogens with two attached hydrogens (primary N) is 1. The summed E-state index contributed by atoms with van der Waals surface area (Å²) in [4.78, 5) is 4.18. The summed E-state index contributed by atoms with van der Waals surface area (Å²) in [6, 6.07) is 0.932. The second kappa shape index (κ2) is 4.40. The van der Waals surface area contributed by atoms with Crippen molar-refractivity contribution in [2.45, 2.75) is 32.1 Å². The van der Waals surface area contributed by atoms with Crippen molar-refractivity contribution in [3.8, 4) is 0 Å². The van der Waals surface area contributed by atoms with Gasteiger partial charge in [-0.1, -0.05) is 6.42 Å². The van der Waals surface area contributed by atoms with Crippen LogP contribution in [-0.2, 0) is 12.8 Å². The van der Waals surface area contributed by atoms with E-state index in [-0.39, 0.29) is 10.9 Å². The highest BCUT2D eigenvalue weighted by molar-refractivity contribution is 5.92. The number of rotatable bonds is 0. The molecule has 5 heteroatoms. The van der Waals surface area contributed by atoms with Crippen LogP contribution in [0.15, 0.2) is 6.07 Å². The predicted octanol–water partition coefficient (Wildman–Crippen LogP) is 3.50. The quantitative estimate of drug-likeness (QED) is 0.585. The Morgan fingerprint density at radius 3 is 2.53 bits per heavy atom. The maximum absolute atomic E-state index is 13.8. The zero-order chi connectivity index (χ0) is 13.6. The molecule has 1 aliphatic rings. The molecule has 0 spiro atoms.